The molecule has 16 heavy (non-hydrogen) atoms. The second kappa shape index (κ2) is 4.63. The van der Waals surface area contributed by atoms with Crippen molar-refractivity contribution in [2.75, 3.05) is 19.8 Å². The molecule has 0 aromatic carbocycles. The number of hydrogen-bond donors (Lipinski definition) is 1. The monoisotopic (exact) mass is 225 g/mol. The second-order valence-corrected chi connectivity index (χ2v) is 3.72. The van der Waals surface area contributed by atoms with E-state index in [1.165, 1.54) is 6.34 Å². The summed E-state index contributed by atoms with van der Waals surface area (Å²) in [5, 5.41) is 8.36. The molecular weight excluding hydrogens is 210 g/mol. The van der Waals surface area contributed by atoms with Crippen molar-refractivity contribution in [2.24, 2.45) is 11.0 Å². The van der Waals surface area contributed by atoms with E-state index in [0.29, 0.717) is 25.5 Å². The maximum atomic E-state index is 11.6. The molecule has 0 spiro atoms. The first-order chi connectivity index (χ1) is 7.74. The molecule has 0 bridgehead atoms. The minimum absolute atomic E-state index is 0.105. The number of hydrazone groups is 1. The molecule has 1 amide bonds. The third-order valence-electron chi connectivity index (χ3n) is 2.72. The normalized spacial score (nSPS) is 23.8. The average molecular weight is 225 g/mol. The number of fused-ring (bicyclic) bond motifs is 1. The summed E-state index contributed by atoms with van der Waals surface area (Å²) in [7, 11) is 0. The summed E-state index contributed by atoms with van der Waals surface area (Å²) in [5.74, 6) is 0.0500. The smallest absolute Gasteiger partial charge is 0.274 e. The minimum atomic E-state index is -0.105. The number of carbonyl (C=O) groups excluding carboxylic acids is 1. The number of carbonyl (C=O) groups is 1. The molecule has 1 N–H and O–H groups in total. The van der Waals surface area contributed by atoms with Gasteiger partial charge in [0.25, 0.3) is 5.91 Å². The largest absolute Gasteiger partial charge is 0.310 e. The molecule has 1 unspecified atom stereocenters. The molecule has 0 saturated carbocycles. The lowest BCUT2D eigenvalue weighted by atomic mass is 10.0. The first kappa shape index (κ1) is 11.1. The standard InChI is InChI=1S/C10H15N3O3/c1-3-15-16-5-8-4-13-9(7(8)2)10(14)11-6-12-13/h6,8H,3-5H2,1-2H3,(H,11,12,14). The molecule has 2 aliphatic heterocycles. The Balaban J connectivity index is 2.04. The average Bonchev–Trinajstić information content (AvgIpc) is 2.58. The van der Waals surface area contributed by atoms with E-state index in [9.17, 15) is 4.79 Å². The van der Waals surface area contributed by atoms with E-state index in [1.54, 1.807) is 5.01 Å². The number of nitrogens with one attached hydrogen (secondary N) is 1. The summed E-state index contributed by atoms with van der Waals surface area (Å²) < 4.78 is 0. The molecule has 88 valence electrons. The Labute approximate surface area is 93.8 Å². The van der Waals surface area contributed by atoms with Crippen LogP contribution in [0.1, 0.15) is 13.8 Å². The van der Waals surface area contributed by atoms with Crippen LogP contribution in [0.4, 0.5) is 0 Å². The highest BCUT2D eigenvalue weighted by molar-refractivity contribution is 6.02. The van der Waals surface area contributed by atoms with Crippen LogP contribution in [0.3, 0.4) is 0 Å². The molecule has 0 fully saturated rings. The molecule has 0 aliphatic carbocycles. The lowest BCUT2D eigenvalue weighted by Gasteiger charge is -2.19. The van der Waals surface area contributed by atoms with Crippen LogP contribution >= 0.6 is 0 Å². The van der Waals surface area contributed by atoms with Crippen molar-refractivity contribution in [3.05, 3.63) is 11.3 Å². The Kier molecular flexibility index (Phi) is 3.21. The highest BCUT2D eigenvalue weighted by Crippen LogP contribution is 2.29. The minimum Gasteiger partial charge on any atom is -0.310 e. The summed E-state index contributed by atoms with van der Waals surface area (Å²) in [6, 6.07) is 0. The van der Waals surface area contributed by atoms with E-state index < -0.39 is 0 Å². The van der Waals surface area contributed by atoms with Crippen molar-refractivity contribution < 1.29 is 14.6 Å². The molecule has 0 aromatic rings. The summed E-state index contributed by atoms with van der Waals surface area (Å²) in [5.41, 5.74) is 1.63. The molecular formula is C10H15N3O3. The summed E-state index contributed by atoms with van der Waals surface area (Å²) in [6.45, 7) is 5.42. The van der Waals surface area contributed by atoms with E-state index in [4.69, 9.17) is 9.78 Å². The maximum Gasteiger partial charge on any atom is 0.274 e. The molecule has 2 aliphatic rings. The van der Waals surface area contributed by atoms with Crippen LogP contribution in [0.2, 0.25) is 0 Å². The zero-order valence-corrected chi connectivity index (χ0v) is 9.40. The van der Waals surface area contributed by atoms with E-state index in [2.05, 4.69) is 10.4 Å². The topological polar surface area (TPSA) is 63.2 Å². The van der Waals surface area contributed by atoms with E-state index in [0.717, 1.165) is 5.57 Å². The van der Waals surface area contributed by atoms with Gasteiger partial charge in [0, 0.05) is 5.92 Å². The second-order valence-electron chi connectivity index (χ2n) is 3.72. The van der Waals surface area contributed by atoms with E-state index >= 15 is 0 Å². The summed E-state index contributed by atoms with van der Waals surface area (Å²) in [4.78, 5) is 21.5. The van der Waals surface area contributed by atoms with Crippen molar-refractivity contribution in [3.63, 3.8) is 0 Å². The molecule has 2 rings (SSSR count). The van der Waals surface area contributed by atoms with Crippen LogP contribution in [0.15, 0.2) is 16.4 Å². The summed E-state index contributed by atoms with van der Waals surface area (Å²) >= 11 is 0. The third kappa shape index (κ3) is 1.94. The van der Waals surface area contributed by atoms with Crippen LogP contribution in [0.5, 0.6) is 0 Å². The number of nitrogens with zero attached hydrogens (tertiary/aromatic N) is 2. The van der Waals surface area contributed by atoms with Crippen molar-refractivity contribution in [1.82, 2.24) is 10.3 Å². The van der Waals surface area contributed by atoms with Crippen molar-refractivity contribution in [3.8, 4) is 0 Å². The zero-order chi connectivity index (χ0) is 11.5. The number of hydrogen-bond acceptors (Lipinski definition) is 5. The van der Waals surface area contributed by atoms with Gasteiger partial charge in [-0.3, -0.25) is 9.80 Å². The highest BCUT2D eigenvalue weighted by Gasteiger charge is 2.34. The Morgan fingerprint density at radius 3 is 3.12 bits per heavy atom. The molecule has 0 radical (unpaired) electrons. The maximum absolute atomic E-state index is 11.6. The van der Waals surface area contributed by atoms with Crippen LogP contribution in [-0.2, 0) is 14.6 Å². The van der Waals surface area contributed by atoms with Crippen LogP contribution in [-0.4, -0.2) is 37.0 Å². The molecule has 0 aromatic heterocycles. The quantitative estimate of drug-likeness (QED) is 0.423. The van der Waals surface area contributed by atoms with E-state index in [-0.39, 0.29) is 11.8 Å². The van der Waals surface area contributed by atoms with Crippen LogP contribution in [0.25, 0.3) is 0 Å². The lowest BCUT2D eigenvalue weighted by molar-refractivity contribution is -0.296. The van der Waals surface area contributed by atoms with Crippen molar-refractivity contribution >= 4 is 12.2 Å². The predicted molar refractivity (Wildman–Crippen MR) is 57.1 cm³/mol. The van der Waals surface area contributed by atoms with Gasteiger partial charge in [0.15, 0.2) is 0 Å². The first-order valence-electron chi connectivity index (χ1n) is 5.30. The molecule has 6 nitrogen and oxygen atoms in total. The van der Waals surface area contributed by atoms with Gasteiger partial charge in [-0.15, -0.1) is 0 Å². The van der Waals surface area contributed by atoms with Crippen molar-refractivity contribution in [1.29, 1.82) is 0 Å². The van der Waals surface area contributed by atoms with Gasteiger partial charge in [-0.25, -0.2) is 9.78 Å². The molecule has 0 saturated heterocycles. The Hall–Kier alpha value is -1.40. The van der Waals surface area contributed by atoms with Crippen molar-refractivity contribution in [2.45, 2.75) is 13.8 Å². The molecule has 6 heteroatoms. The number of amides is 1. The SMILES string of the molecule is CCOOCC1CN2N=CNC(=O)C2=C1C. The van der Waals surface area contributed by atoms with Gasteiger partial charge in [0.2, 0.25) is 0 Å². The highest BCUT2D eigenvalue weighted by atomic mass is 17.2. The molecule has 2 heterocycles. The molecule has 1 atom stereocenters. The first-order valence-corrected chi connectivity index (χ1v) is 5.30. The van der Waals surface area contributed by atoms with Gasteiger partial charge in [0.1, 0.15) is 12.0 Å². The van der Waals surface area contributed by atoms with E-state index in [1.807, 2.05) is 13.8 Å². The lowest BCUT2D eigenvalue weighted by Crippen LogP contribution is -2.35. The third-order valence-corrected chi connectivity index (χ3v) is 2.72. The fourth-order valence-electron chi connectivity index (χ4n) is 1.85. The van der Waals surface area contributed by atoms with Gasteiger partial charge in [0.05, 0.1) is 19.8 Å². The predicted octanol–water partition coefficient (Wildman–Crippen LogP) is 0.233. The van der Waals surface area contributed by atoms with Gasteiger partial charge < -0.3 is 5.32 Å². The fourth-order valence-corrected chi connectivity index (χ4v) is 1.85. The fraction of sp³-hybridized carbons (Fsp3) is 0.600. The Bertz CT molecular complexity index is 351. The van der Waals surface area contributed by atoms with Gasteiger partial charge in [-0.2, -0.15) is 5.10 Å². The number of rotatable bonds is 4. The van der Waals surface area contributed by atoms with Crippen LogP contribution in [0, 0.1) is 5.92 Å². The van der Waals surface area contributed by atoms with Gasteiger partial charge in [-0.1, -0.05) is 0 Å². The van der Waals surface area contributed by atoms with Gasteiger partial charge in [-0.05, 0) is 19.4 Å². The van der Waals surface area contributed by atoms with Gasteiger partial charge >= 0.3 is 0 Å². The zero-order valence-electron chi connectivity index (χ0n) is 9.40. The Morgan fingerprint density at radius 1 is 1.62 bits per heavy atom. The Morgan fingerprint density at radius 2 is 2.44 bits per heavy atom. The van der Waals surface area contributed by atoms with Crippen LogP contribution < -0.4 is 5.32 Å². The summed E-state index contributed by atoms with van der Waals surface area (Å²) in [6.07, 6.45) is 1.41.